The van der Waals surface area contributed by atoms with Gasteiger partial charge in [-0.05, 0) is 55.7 Å². The molecule has 232 valence electrons. The zero-order valence-corrected chi connectivity index (χ0v) is 23.6. The Balaban J connectivity index is 1.19. The SMILES string of the molecule is CC1CCC2C(C)C(OC(=O)CCC(=O)NC(C(=O)O)C(O)c3cccc(N([O-])O)c3)OC3OC4(C)CCC1C32OO4. The van der Waals surface area contributed by atoms with Crippen LogP contribution in [0.15, 0.2) is 24.3 Å². The Labute approximate surface area is 242 Å². The lowest BCUT2D eigenvalue weighted by molar-refractivity contribution is -0.576. The molecule has 14 heteroatoms. The van der Waals surface area contributed by atoms with Crippen LogP contribution in [0.5, 0.6) is 0 Å². The van der Waals surface area contributed by atoms with Crippen LogP contribution in [0.2, 0.25) is 0 Å². The lowest BCUT2D eigenvalue weighted by Gasteiger charge is -2.59. The van der Waals surface area contributed by atoms with Crippen molar-refractivity contribution < 1.29 is 53.8 Å². The van der Waals surface area contributed by atoms with E-state index in [1.165, 1.54) is 18.2 Å². The van der Waals surface area contributed by atoms with Crippen molar-refractivity contribution in [2.75, 3.05) is 5.23 Å². The van der Waals surface area contributed by atoms with E-state index in [0.717, 1.165) is 25.3 Å². The molecule has 0 radical (unpaired) electrons. The van der Waals surface area contributed by atoms with Gasteiger partial charge in [-0.25, -0.2) is 14.6 Å². The van der Waals surface area contributed by atoms with Gasteiger partial charge in [0.1, 0.15) is 6.10 Å². The van der Waals surface area contributed by atoms with E-state index in [4.69, 9.17) is 29.2 Å². The summed E-state index contributed by atoms with van der Waals surface area (Å²) in [5.74, 6) is -3.85. The van der Waals surface area contributed by atoms with Crippen molar-refractivity contribution in [1.82, 2.24) is 5.32 Å². The highest BCUT2D eigenvalue weighted by atomic mass is 17.3. The minimum atomic E-state index is -1.78. The molecule has 1 saturated carbocycles. The van der Waals surface area contributed by atoms with Gasteiger partial charge in [-0.1, -0.05) is 26.0 Å². The molecule has 1 aromatic rings. The van der Waals surface area contributed by atoms with Gasteiger partial charge in [-0.3, -0.25) is 14.8 Å². The number of carboxylic acids is 1. The highest BCUT2D eigenvalue weighted by molar-refractivity contribution is 5.86. The summed E-state index contributed by atoms with van der Waals surface area (Å²) in [7, 11) is 0. The van der Waals surface area contributed by atoms with Crippen molar-refractivity contribution in [2.24, 2.45) is 23.7 Å². The van der Waals surface area contributed by atoms with Crippen LogP contribution in [0.25, 0.3) is 0 Å². The number of carbonyl (C=O) groups excluding carboxylic acids is 2. The molecule has 6 rings (SSSR count). The molecule has 2 bridgehead atoms. The Morgan fingerprint density at radius 2 is 1.93 bits per heavy atom. The Kier molecular flexibility index (Phi) is 8.51. The number of carboxylic acid groups (broad SMARTS) is 1. The van der Waals surface area contributed by atoms with E-state index in [1.54, 1.807) is 6.92 Å². The number of rotatable bonds is 9. The molecule has 10 unspecified atom stereocenters. The quantitative estimate of drug-likeness (QED) is 0.185. The molecule has 42 heavy (non-hydrogen) atoms. The van der Waals surface area contributed by atoms with Gasteiger partial charge >= 0.3 is 11.9 Å². The number of ether oxygens (including phenoxy) is 3. The normalized spacial score (nSPS) is 36.6. The molecule has 4 aliphatic heterocycles. The maximum Gasteiger partial charge on any atom is 0.329 e. The third kappa shape index (κ3) is 5.60. The van der Waals surface area contributed by atoms with Crippen LogP contribution in [0.3, 0.4) is 0 Å². The van der Waals surface area contributed by atoms with Crippen LogP contribution in [-0.4, -0.2) is 63.3 Å². The summed E-state index contributed by atoms with van der Waals surface area (Å²) in [5, 5.41) is 42.1. The largest absolute Gasteiger partial charge is 0.733 e. The number of nitrogens with zero attached hydrogens (tertiary/aromatic N) is 1. The van der Waals surface area contributed by atoms with E-state index in [-0.39, 0.29) is 35.4 Å². The summed E-state index contributed by atoms with van der Waals surface area (Å²) in [6.07, 6.45) is -0.993. The molecule has 1 amide bonds. The van der Waals surface area contributed by atoms with E-state index >= 15 is 0 Å². The van der Waals surface area contributed by atoms with Crippen LogP contribution >= 0.6 is 0 Å². The van der Waals surface area contributed by atoms with Gasteiger partial charge in [0.2, 0.25) is 18.0 Å². The summed E-state index contributed by atoms with van der Waals surface area (Å²) in [4.78, 5) is 49.0. The predicted molar refractivity (Wildman–Crippen MR) is 141 cm³/mol. The second kappa shape index (κ2) is 11.7. The van der Waals surface area contributed by atoms with Crippen molar-refractivity contribution >= 4 is 23.5 Å². The third-order valence-corrected chi connectivity index (χ3v) is 9.23. The number of esters is 1. The maximum absolute atomic E-state index is 12.8. The molecular weight excluding hydrogens is 556 g/mol. The number of benzene rings is 1. The van der Waals surface area contributed by atoms with Crippen LogP contribution in [-0.2, 0) is 38.4 Å². The summed E-state index contributed by atoms with van der Waals surface area (Å²) in [6, 6.07) is 3.22. The number of fused-ring (bicyclic) bond motifs is 2. The lowest BCUT2D eigenvalue weighted by Crippen LogP contribution is -2.70. The highest BCUT2D eigenvalue weighted by Gasteiger charge is 2.69. The molecule has 5 fully saturated rings. The molecule has 5 aliphatic rings. The van der Waals surface area contributed by atoms with Gasteiger partial charge in [-0.15, -0.1) is 0 Å². The monoisotopic (exact) mass is 593 g/mol. The summed E-state index contributed by atoms with van der Waals surface area (Å²) in [6.45, 7) is 5.91. The average molecular weight is 594 g/mol. The Morgan fingerprint density at radius 3 is 2.64 bits per heavy atom. The minimum absolute atomic E-state index is 0.0206. The molecular formula is C28H37N2O12-. The van der Waals surface area contributed by atoms with Crippen LogP contribution in [0, 0.1) is 28.9 Å². The molecule has 1 aromatic carbocycles. The van der Waals surface area contributed by atoms with Crippen LogP contribution < -0.4 is 10.5 Å². The van der Waals surface area contributed by atoms with Crippen molar-refractivity contribution in [2.45, 2.75) is 95.4 Å². The number of aliphatic hydroxyl groups excluding tert-OH is 1. The summed E-state index contributed by atoms with van der Waals surface area (Å²) < 4.78 is 18.1. The molecule has 14 nitrogen and oxygen atoms in total. The first kappa shape index (κ1) is 30.6. The average Bonchev–Trinajstić information content (AvgIpc) is 3.18. The zero-order chi connectivity index (χ0) is 30.4. The molecule has 4 heterocycles. The van der Waals surface area contributed by atoms with E-state index in [9.17, 15) is 29.8 Å². The van der Waals surface area contributed by atoms with Gasteiger partial charge in [-0.2, -0.15) is 0 Å². The van der Waals surface area contributed by atoms with Crippen molar-refractivity contribution in [1.29, 1.82) is 0 Å². The lowest BCUT2D eigenvalue weighted by atomic mass is 9.58. The number of aliphatic carboxylic acids is 1. The fraction of sp³-hybridized carbons (Fsp3) is 0.679. The number of aliphatic hydroxyl groups is 1. The topological polar surface area (TPSA) is 196 Å². The van der Waals surface area contributed by atoms with Crippen molar-refractivity contribution in [3.63, 3.8) is 0 Å². The first-order chi connectivity index (χ1) is 19.8. The van der Waals surface area contributed by atoms with Crippen molar-refractivity contribution in [3.8, 4) is 0 Å². The molecule has 1 spiro atoms. The van der Waals surface area contributed by atoms with E-state index in [1.807, 2.05) is 6.92 Å². The molecule has 4 saturated heterocycles. The van der Waals surface area contributed by atoms with Gasteiger partial charge in [0.15, 0.2) is 17.9 Å². The van der Waals surface area contributed by atoms with Gasteiger partial charge in [0, 0.05) is 24.7 Å². The van der Waals surface area contributed by atoms with Crippen molar-refractivity contribution in [3.05, 3.63) is 35.0 Å². The zero-order valence-electron chi connectivity index (χ0n) is 23.6. The number of carbonyl (C=O) groups is 3. The second-order valence-corrected chi connectivity index (χ2v) is 12.0. The molecule has 1 aliphatic carbocycles. The van der Waals surface area contributed by atoms with Gasteiger partial charge < -0.3 is 40.2 Å². The standard InChI is InChI=1S/C28H37N2O12/c1-14-7-8-19-15(2)25(39-26-28(19)18(14)11-12-27(3,40-26)41-42-28)38-21(32)10-9-20(31)29-22(24(34)35)23(33)16-5-4-6-17(13-16)30(36)37/h4-6,13-15,18-19,22-23,25-26,33,36H,7-12H2,1-3H3,(H,29,31)(H,34,35)/q-1. The third-order valence-electron chi connectivity index (χ3n) is 9.23. The van der Waals surface area contributed by atoms with E-state index in [0.29, 0.717) is 12.3 Å². The first-order valence-electron chi connectivity index (χ1n) is 14.2. The second-order valence-electron chi connectivity index (χ2n) is 12.0. The molecule has 10 atom stereocenters. The number of hydrogen-bond acceptors (Lipinski definition) is 12. The highest BCUT2D eigenvalue weighted by Crippen LogP contribution is 2.60. The predicted octanol–water partition coefficient (Wildman–Crippen LogP) is 2.51. The number of amides is 1. The van der Waals surface area contributed by atoms with Gasteiger partial charge in [0.05, 0.1) is 12.1 Å². The smallest absolute Gasteiger partial charge is 0.329 e. The van der Waals surface area contributed by atoms with Gasteiger partial charge in [0.25, 0.3) is 0 Å². The Bertz CT molecular complexity index is 1200. The molecule has 0 aromatic heterocycles. The Morgan fingerprint density at radius 1 is 1.17 bits per heavy atom. The molecule has 4 N–H and O–H groups in total. The van der Waals surface area contributed by atoms with E-state index < -0.39 is 65.6 Å². The maximum atomic E-state index is 12.8. The minimum Gasteiger partial charge on any atom is -0.733 e. The number of nitrogens with one attached hydrogen (secondary N) is 1. The Hall–Kier alpha value is -2.85. The van der Waals surface area contributed by atoms with Crippen LogP contribution in [0.4, 0.5) is 5.69 Å². The summed E-state index contributed by atoms with van der Waals surface area (Å²) >= 11 is 0. The number of hydrogen-bond donors (Lipinski definition) is 4. The number of anilines is 1. The fourth-order valence-corrected chi connectivity index (χ4v) is 6.95. The van der Waals surface area contributed by atoms with E-state index in [2.05, 4.69) is 12.2 Å². The fourth-order valence-electron chi connectivity index (χ4n) is 6.95. The first-order valence-corrected chi connectivity index (χ1v) is 14.2. The summed E-state index contributed by atoms with van der Waals surface area (Å²) in [5.41, 5.74) is -1.07. The van der Waals surface area contributed by atoms with Crippen LogP contribution in [0.1, 0.15) is 71.0 Å².